The summed E-state index contributed by atoms with van der Waals surface area (Å²) in [6.07, 6.45) is 2.32. The van der Waals surface area contributed by atoms with Crippen LogP contribution in [0.15, 0.2) is 42.5 Å². The van der Waals surface area contributed by atoms with E-state index in [1.807, 2.05) is 12.1 Å². The number of sulfonamides is 1. The topological polar surface area (TPSA) is 123 Å². The molecule has 1 saturated heterocycles. The number of benzene rings is 2. The number of nitriles is 1. The normalized spacial score (nSPS) is 16.2. The third-order valence-electron chi connectivity index (χ3n) is 6.26. The number of carbonyl (C=O) groups excluding carboxylic acids is 2. The van der Waals surface area contributed by atoms with Crippen LogP contribution >= 0.6 is 0 Å². The molecule has 1 aliphatic rings. The highest BCUT2D eigenvalue weighted by molar-refractivity contribution is 7.88. The molecule has 0 radical (unpaired) electrons. The molecule has 2 aromatic rings. The SMILES string of the molecule is CC(c1cccc2ccccc12)N1CCC(N(CC(=O)NCC(=O)NCC#N)S(C)(=O)=O)CC1. The van der Waals surface area contributed by atoms with Crippen LogP contribution < -0.4 is 10.6 Å². The lowest BCUT2D eigenvalue weighted by Gasteiger charge is -2.39. The summed E-state index contributed by atoms with van der Waals surface area (Å²) in [6.45, 7) is 2.78. The minimum atomic E-state index is -3.62. The van der Waals surface area contributed by atoms with Gasteiger partial charge in [-0.3, -0.25) is 14.5 Å². The average molecular weight is 486 g/mol. The van der Waals surface area contributed by atoms with Crippen molar-refractivity contribution in [1.29, 1.82) is 5.26 Å². The molecular formula is C24H31N5O4S. The van der Waals surface area contributed by atoms with Crippen LogP contribution in [-0.2, 0) is 19.6 Å². The molecule has 2 N–H and O–H groups in total. The summed E-state index contributed by atoms with van der Waals surface area (Å²) in [7, 11) is -3.62. The fraction of sp³-hybridized carbons (Fsp3) is 0.458. The van der Waals surface area contributed by atoms with E-state index in [0.29, 0.717) is 25.9 Å². The van der Waals surface area contributed by atoms with Gasteiger partial charge in [0, 0.05) is 25.2 Å². The van der Waals surface area contributed by atoms with E-state index in [2.05, 4.69) is 52.8 Å². The first kappa shape index (κ1) is 25.6. The fourth-order valence-corrected chi connectivity index (χ4v) is 5.57. The molecule has 0 bridgehead atoms. The first-order valence-electron chi connectivity index (χ1n) is 11.3. The van der Waals surface area contributed by atoms with Crippen LogP contribution in [0.4, 0.5) is 0 Å². The Balaban J connectivity index is 1.61. The molecule has 1 heterocycles. The van der Waals surface area contributed by atoms with Gasteiger partial charge in [-0.15, -0.1) is 0 Å². The van der Waals surface area contributed by atoms with Crippen molar-refractivity contribution in [2.24, 2.45) is 0 Å². The summed E-state index contributed by atoms with van der Waals surface area (Å²) >= 11 is 0. The van der Waals surface area contributed by atoms with E-state index >= 15 is 0 Å². The van der Waals surface area contributed by atoms with Crippen LogP contribution in [0.1, 0.15) is 31.4 Å². The second-order valence-electron chi connectivity index (χ2n) is 8.53. The fourth-order valence-electron chi connectivity index (χ4n) is 4.47. The van der Waals surface area contributed by atoms with Crippen molar-refractivity contribution < 1.29 is 18.0 Å². The quantitative estimate of drug-likeness (QED) is 0.518. The number of carbonyl (C=O) groups is 2. The Morgan fingerprint density at radius 3 is 2.47 bits per heavy atom. The second kappa shape index (κ2) is 11.4. The zero-order chi connectivity index (χ0) is 24.7. The molecule has 1 aliphatic heterocycles. The van der Waals surface area contributed by atoms with Gasteiger partial charge < -0.3 is 10.6 Å². The molecule has 34 heavy (non-hydrogen) atoms. The van der Waals surface area contributed by atoms with E-state index in [1.54, 1.807) is 6.07 Å². The van der Waals surface area contributed by atoms with Gasteiger partial charge in [-0.05, 0) is 36.1 Å². The van der Waals surface area contributed by atoms with Crippen molar-refractivity contribution in [1.82, 2.24) is 19.8 Å². The smallest absolute Gasteiger partial charge is 0.240 e. The molecule has 1 unspecified atom stereocenters. The predicted molar refractivity (Wildman–Crippen MR) is 130 cm³/mol. The molecule has 0 aliphatic carbocycles. The highest BCUT2D eigenvalue weighted by atomic mass is 32.2. The Hall–Kier alpha value is -3.00. The minimum Gasteiger partial charge on any atom is -0.346 e. The van der Waals surface area contributed by atoms with Gasteiger partial charge in [-0.25, -0.2) is 8.42 Å². The Labute approximate surface area is 200 Å². The maximum absolute atomic E-state index is 12.4. The van der Waals surface area contributed by atoms with Gasteiger partial charge in [-0.1, -0.05) is 42.5 Å². The van der Waals surface area contributed by atoms with Gasteiger partial charge in [-0.2, -0.15) is 9.57 Å². The standard InChI is InChI=1S/C24H31N5O4S/c1-18(21-9-5-7-19-6-3-4-8-22(19)21)28-14-10-20(11-15-28)29(34(2,32)33)17-24(31)27-16-23(30)26-13-12-25/h3-9,18,20H,10-11,13-17H2,1-2H3,(H,26,30)(H,27,31). The van der Waals surface area contributed by atoms with Crippen LogP contribution in [0.25, 0.3) is 10.8 Å². The van der Waals surface area contributed by atoms with Crippen LogP contribution in [-0.4, -0.2) is 74.5 Å². The Bertz CT molecular complexity index is 1160. The van der Waals surface area contributed by atoms with Crippen LogP contribution in [0, 0.1) is 11.3 Å². The number of hydrogen-bond donors (Lipinski definition) is 2. The van der Waals surface area contributed by atoms with Gasteiger partial charge in [0.1, 0.15) is 6.54 Å². The summed E-state index contributed by atoms with van der Waals surface area (Å²) < 4.78 is 26.1. The second-order valence-corrected chi connectivity index (χ2v) is 10.5. The summed E-state index contributed by atoms with van der Waals surface area (Å²) in [5.74, 6) is -1.05. The number of fused-ring (bicyclic) bond motifs is 1. The van der Waals surface area contributed by atoms with Crippen molar-refractivity contribution in [2.75, 3.05) is 39.0 Å². The highest BCUT2D eigenvalue weighted by Gasteiger charge is 2.33. The molecule has 0 spiro atoms. The monoisotopic (exact) mass is 485 g/mol. The number of nitrogens with one attached hydrogen (secondary N) is 2. The van der Waals surface area contributed by atoms with Gasteiger partial charge in [0.25, 0.3) is 0 Å². The molecule has 10 heteroatoms. The molecule has 2 amide bonds. The first-order valence-corrected chi connectivity index (χ1v) is 13.1. The zero-order valence-electron chi connectivity index (χ0n) is 19.5. The number of hydrogen-bond acceptors (Lipinski definition) is 6. The molecule has 0 saturated carbocycles. The first-order chi connectivity index (χ1) is 16.2. The van der Waals surface area contributed by atoms with Crippen LogP contribution in [0.2, 0.25) is 0 Å². The largest absolute Gasteiger partial charge is 0.346 e. The van der Waals surface area contributed by atoms with Crippen molar-refractivity contribution in [2.45, 2.75) is 31.8 Å². The van der Waals surface area contributed by atoms with Crippen molar-refractivity contribution in [3.8, 4) is 6.07 Å². The average Bonchev–Trinajstić information content (AvgIpc) is 2.83. The summed E-state index contributed by atoms with van der Waals surface area (Å²) in [5.41, 5.74) is 1.24. The molecule has 1 atom stereocenters. The zero-order valence-corrected chi connectivity index (χ0v) is 20.3. The molecule has 9 nitrogen and oxygen atoms in total. The highest BCUT2D eigenvalue weighted by Crippen LogP contribution is 2.31. The number of rotatable bonds is 9. The molecule has 1 fully saturated rings. The van der Waals surface area contributed by atoms with Gasteiger partial charge in [0.2, 0.25) is 21.8 Å². The third-order valence-corrected chi connectivity index (χ3v) is 7.54. The summed E-state index contributed by atoms with van der Waals surface area (Å²) in [6, 6.07) is 16.2. The van der Waals surface area contributed by atoms with Gasteiger partial charge in [0.05, 0.1) is 25.4 Å². The van der Waals surface area contributed by atoms with Crippen molar-refractivity contribution >= 4 is 32.6 Å². The van der Waals surface area contributed by atoms with Gasteiger partial charge in [0.15, 0.2) is 0 Å². The molecule has 2 aromatic carbocycles. The summed E-state index contributed by atoms with van der Waals surface area (Å²) in [4.78, 5) is 26.3. The molecular weight excluding hydrogens is 454 g/mol. The van der Waals surface area contributed by atoms with Crippen molar-refractivity contribution in [3.05, 3.63) is 48.0 Å². The number of piperidine rings is 1. The van der Waals surface area contributed by atoms with E-state index < -0.39 is 21.8 Å². The lowest BCUT2D eigenvalue weighted by molar-refractivity contribution is -0.126. The van der Waals surface area contributed by atoms with Crippen LogP contribution in [0.3, 0.4) is 0 Å². The Morgan fingerprint density at radius 2 is 1.79 bits per heavy atom. The maximum atomic E-state index is 12.4. The maximum Gasteiger partial charge on any atom is 0.240 e. The van der Waals surface area contributed by atoms with E-state index in [0.717, 1.165) is 6.26 Å². The van der Waals surface area contributed by atoms with Gasteiger partial charge >= 0.3 is 0 Å². The van der Waals surface area contributed by atoms with E-state index in [-0.39, 0.29) is 31.7 Å². The minimum absolute atomic E-state index is 0.153. The molecule has 3 rings (SSSR count). The Kier molecular flexibility index (Phi) is 8.61. The lowest BCUT2D eigenvalue weighted by atomic mass is 9.96. The van der Waals surface area contributed by atoms with Crippen molar-refractivity contribution in [3.63, 3.8) is 0 Å². The lowest BCUT2D eigenvalue weighted by Crippen LogP contribution is -2.51. The van der Waals surface area contributed by atoms with E-state index in [4.69, 9.17) is 5.26 Å². The molecule has 182 valence electrons. The van der Waals surface area contributed by atoms with E-state index in [9.17, 15) is 18.0 Å². The number of nitrogens with zero attached hydrogens (tertiary/aromatic N) is 3. The summed E-state index contributed by atoms with van der Waals surface area (Å²) in [5, 5.41) is 15.6. The Morgan fingerprint density at radius 1 is 1.12 bits per heavy atom. The number of likely N-dealkylation sites (tertiary alicyclic amines) is 1. The van der Waals surface area contributed by atoms with Crippen LogP contribution in [0.5, 0.6) is 0 Å². The number of amides is 2. The predicted octanol–water partition coefficient (Wildman–Crippen LogP) is 1.38. The third kappa shape index (κ3) is 6.53. The molecule has 0 aromatic heterocycles. The van der Waals surface area contributed by atoms with E-state index in [1.165, 1.54) is 20.6 Å².